The second-order valence-electron chi connectivity index (χ2n) is 6.02. The quantitative estimate of drug-likeness (QED) is 0.580. The summed E-state index contributed by atoms with van der Waals surface area (Å²) < 4.78 is 0. The Labute approximate surface area is 124 Å². The van der Waals surface area contributed by atoms with Gasteiger partial charge in [-0.2, -0.15) is 0 Å². The number of amides is 3. The lowest BCUT2D eigenvalue weighted by Crippen LogP contribution is -2.51. The van der Waals surface area contributed by atoms with Gasteiger partial charge in [0.25, 0.3) is 0 Å². The molecule has 1 fully saturated rings. The normalized spacial score (nSPS) is 26.7. The van der Waals surface area contributed by atoms with Crippen LogP contribution in [0.5, 0.6) is 0 Å². The van der Waals surface area contributed by atoms with Crippen molar-refractivity contribution in [1.29, 1.82) is 0 Å². The Morgan fingerprint density at radius 3 is 2.48 bits per heavy atom. The Bertz CT molecular complexity index is 400. The highest BCUT2D eigenvalue weighted by atomic mass is 16.4. The van der Waals surface area contributed by atoms with Crippen molar-refractivity contribution >= 4 is 17.9 Å². The van der Waals surface area contributed by atoms with Gasteiger partial charge in [0.2, 0.25) is 5.91 Å². The number of rotatable bonds is 6. The minimum Gasteiger partial charge on any atom is -0.480 e. The lowest BCUT2D eigenvalue weighted by Gasteiger charge is -2.33. The standard InChI is InChI=1S/C14H25N3O4/c1-8-3-4-10(9(2)7-8)16-14(21)17-11(13(19)20)5-6-12(15)18/h8-11H,3-7H2,1-2H3,(H2,15,18)(H,19,20)(H2,16,17,21). The molecule has 0 spiro atoms. The monoisotopic (exact) mass is 299 g/mol. The third kappa shape index (κ3) is 6.01. The smallest absolute Gasteiger partial charge is 0.326 e. The molecule has 4 unspecified atom stereocenters. The van der Waals surface area contributed by atoms with Gasteiger partial charge < -0.3 is 21.5 Å². The van der Waals surface area contributed by atoms with Crippen LogP contribution in [0.2, 0.25) is 0 Å². The Morgan fingerprint density at radius 2 is 1.95 bits per heavy atom. The number of carboxylic acid groups (broad SMARTS) is 1. The van der Waals surface area contributed by atoms with Gasteiger partial charge in [0.15, 0.2) is 0 Å². The molecule has 1 saturated carbocycles. The molecule has 1 rings (SSSR count). The van der Waals surface area contributed by atoms with Crippen molar-refractivity contribution < 1.29 is 19.5 Å². The van der Waals surface area contributed by atoms with Gasteiger partial charge in [-0.3, -0.25) is 4.79 Å². The number of carboxylic acids is 1. The van der Waals surface area contributed by atoms with Crippen LogP contribution in [0, 0.1) is 11.8 Å². The van der Waals surface area contributed by atoms with E-state index >= 15 is 0 Å². The molecule has 0 heterocycles. The Kier molecular flexibility index (Phi) is 6.45. The summed E-state index contributed by atoms with van der Waals surface area (Å²) in [6.45, 7) is 4.28. The average molecular weight is 299 g/mol. The van der Waals surface area contributed by atoms with Crippen molar-refractivity contribution in [1.82, 2.24) is 10.6 Å². The molecule has 7 heteroatoms. The summed E-state index contributed by atoms with van der Waals surface area (Å²) in [7, 11) is 0. The molecule has 1 aliphatic rings. The predicted octanol–water partition coefficient (Wildman–Crippen LogP) is 0.829. The Morgan fingerprint density at radius 1 is 1.29 bits per heavy atom. The number of hydrogen-bond acceptors (Lipinski definition) is 3. The predicted molar refractivity (Wildman–Crippen MR) is 77.5 cm³/mol. The summed E-state index contributed by atoms with van der Waals surface area (Å²) in [5.74, 6) is -0.730. The van der Waals surface area contributed by atoms with Gasteiger partial charge in [-0.15, -0.1) is 0 Å². The lowest BCUT2D eigenvalue weighted by molar-refractivity contribution is -0.139. The van der Waals surface area contributed by atoms with Crippen molar-refractivity contribution in [3.63, 3.8) is 0 Å². The second-order valence-corrected chi connectivity index (χ2v) is 6.02. The van der Waals surface area contributed by atoms with E-state index in [2.05, 4.69) is 24.5 Å². The first kappa shape index (κ1) is 17.3. The zero-order valence-corrected chi connectivity index (χ0v) is 12.6. The van der Waals surface area contributed by atoms with Crippen LogP contribution < -0.4 is 16.4 Å². The lowest BCUT2D eigenvalue weighted by atomic mass is 9.80. The minimum absolute atomic E-state index is 0.00462. The first-order valence-electron chi connectivity index (χ1n) is 7.37. The van der Waals surface area contributed by atoms with Crippen LogP contribution >= 0.6 is 0 Å². The highest BCUT2D eigenvalue weighted by molar-refractivity contribution is 5.83. The van der Waals surface area contributed by atoms with E-state index in [1.807, 2.05) is 0 Å². The van der Waals surface area contributed by atoms with Crippen LogP contribution in [-0.4, -0.2) is 35.1 Å². The minimum atomic E-state index is -1.17. The molecule has 21 heavy (non-hydrogen) atoms. The third-order valence-electron chi connectivity index (χ3n) is 4.03. The second kappa shape index (κ2) is 7.85. The van der Waals surface area contributed by atoms with Gasteiger partial charge >= 0.3 is 12.0 Å². The van der Waals surface area contributed by atoms with Crippen LogP contribution in [0.4, 0.5) is 4.79 Å². The van der Waals surface area contributed by atoms with Crippen molar-refractivity contribution in [2.24, 2.45) is 17.6 Å². The summed E-state index contributed by atoms with van der Waals surface area (Å²) in [5, 5.41) is 14.3. The van der Waals surface area contributed by atoms with Crippen molar-refractivity contribution in [3.8, 4) is 0 Å². The summed E-state index contributed by atoms with van der Waals surface area (Å²) in [5.41, 5.74) is 4.99. The molecule has 0 aliphatic heterocycles. The molecule has 120 valence electrons. The number of nitrogens with two attached hydrogens (primary N) is 1. The fourth-order valence-electron chi connectivity index (χ4n) is 2.79. The number of urea groups is 1. The fraction of sp³-hybridized carbons (Fsp3) is 0.786. The number of carbonyl (C=O) groups is 3. The largest absolute Gasteiger partial charge is 0.480 e. The molecule has 4 atom stereocenters. The Hall–Kier alpha value is -1.79. The van der Waals surface area contributed by atoms with Crippen molar-refractivity contribution in [2.75, 3.05) is 0 Å². The van der Waals surface area contributed by atoms with E-state index in [-0.39, 0.29) is 18.9 Å². The summed E-state index contributed by atoms with van der Waals surface area (Å²) in [6.07, 6.45) is 2.92. The average Bonchev–Trinajstić information content (AvgIpc) is 2.37. The Balaban J connectivity index is 2.46. The molecule has 1 aliphatic carbocycles. The van der Waals surface area contributed by atoms with Crippen LogP contribution in [0.15, 0.2) is 0 Å². The van der Waals surface area contributed by atoms with Crippen LogP contribution in [-0.2, 0) is 9.59 Å². The number of nitrogens with one attached hydrogen (secondary N) is 2. The van der Waals surface area contributed by atoms with Gasteiger partial charge in [0, 0.05) is 12.5 Å². The first-order chi connectivity index (χ1) is 9.79. The molecule has 0 saturated heterocycles. The van der Waals surface area contributed by atoms with E-state index in [0.29, 0.717) is 11.8 Å². The molecule has 0 radical (unpaired) electrons. The zero-order valence-electron chi connectivity index (χ0n) is 12.6. The number of carbonyl (C=O) groups excluding carboxylic acids is 2. The maximum atomic E-state index is 11.9. The van der Waals surface area contributed by atoms with E-state index in [9.17, 15) is 14.4 Å². The molecule has 0 bridgehead atoms. The molecular formula is C14H25N3O4. The summed E-state index contributed by atoms with van der Waals surface area (Å²) in [6, 6.07) is -1.54. The van der Waals surface area contributed by atoms with Crippen LogP contribution in [0.25, 0.3) is 0 Å². The van der Waals surface area contributed by atoms with E-state index < -0.39 is 23.9 Å². The van der Waals surface area contributed by atoms with Crippen molar-refractivity contribution in [3.05, 3.63) is 0 Å². The molecule has 5 N–H and O–H groups in total. The van der Waals surface area contributed by atoms with Crippen LogP contribution in [0.3, 0.4) is 0 Å². The van der Waals surface area contributed by atoms with Crippen molar-refractivity contribution in [2.45, 2.75) is 58.0 Å². The zero-order chi connectivity index (χ0) is 16.0. The topological polar surface area (TPSA) is 122 Å². The molecule has 0 aromatic rings. The van der Waals surface area contributed by atoms with Gasteiger partial charge in [-0.25, -0.2) is 9.59 Å². The molecule has 3 amide bonds. The number of hydrogen-bond donors (Lipinski definition) is 4. The van der Waals surface area contributed by atoms with Gasteiger partial charge in [0.1, 0.15) is 6.04 Å². The van der Waals surface area contributed by atoms with E-state index in [1.165, 1.54) is 0 Å². The SMILES string of the molecule is CC1CCC(NC(=O)NC(CCC(N)=O)C(=O)O)C(C)C1. The number of aliphatic carboxylic acids is 1. The molecule has 0 aromatic carbocycles. The van der Waals surface area contributed by atoms with Gasteiger partial charge in [0.05, 0.1) is 0 Å². The molecule has 0 aromatic heterocycles. The van der Waals surface area contributed by atoms with Crippen LogP contribution in [0.1, 0.15) is 46.0 Å². The summed E-state index contributed by atoms with van der Waals surface area (Å²) in [4.78, 5) is 33.7. The molecular weight excluding hydrogens is 274 g/mol. The van der Waals surface area contributed by atoms with E-state index in [4.69, 9.17) is 10.8 Å². The first-order valence-corrected chi connectivity index (χ1v) is 7.37. The molecule has 7 nitrogen and oxygen atoms in total. The summed E-state index contributed by atoms with van der Waals surface area (Å²) >= 11 is 0. The number of primary amides is 1. The van der Waals surface area contributed by atoms with Gasteiger partial charge in [-0.1, -0.05) is 13.8 Å². The maximum Gasteiger partial charge on any atom is 0.326 e. The van der Waals surface area contributed by atoms with Gasteiger partial charge in [-0.05, 0) is 37.5 Å². The highest BCUT2D eigenvalue weighted by Gasteiger charge is 2.28. The van der Waals surface area contributed by atoms with E-state index in [1.54, 1.807) is 0 Å². The highest BCUT2D eigenvalue weighted by Crippen LogP contribution is 2.28. The third-order valence-corrected chi connectivity index (χ3v) is 4.03. The maximum absolute atomic E-state index is 11.9. The fourth-order valence-corrected chi connectivity index (χ4v) is 2.79. The van der Waals surface area contributed by atoms with E-state index in [0.717, 1.165) is 19.3 Å².